The number of halogens is 1. The Hall–Kier alpha value is -3.83. The second kappa shape index (κ2) is 11.1. The van der Waals surface area contributed by atoms with Crippen molar-refractivity contribution >= 4 is 27.9 Å². The van der Waals surface area contributed by atoms with E-state index in [1.165, 1.54) is 12.3 Å². The van der Waals surface area contributed by atoms with E-state index in [4.69, 9.17) is 13.9 Å². The highest BCUT2D eigenvalue weighted by atomic mass is 32.2. The lowest BCUT2D eigenvalue weighted by molar-refractivity contribution is 0.142. The largest absolute Gasteiger partial charge is 0.511 e. The van der Waals surface area contributed by atoms with Crippen LogP contribution in [0.25, 0.3) is 17.2 Å². The van der Waals surface area contributed by atoms with Crippen LogP contribution < -0.4 is 14.2 Å². The molecule has 4 rings (SSSR count). The summed E-state index contributed by atoms with van der Waals surface area (Å²) < 4.78 is 59.5. The molecule has 11 heteroatoms. The Balaban J connectivity index is 1.74. The van der Waals surface area contributed by atoms with Crippen molar-refractivity contribution in [3.05, 3.63) is 65.9 Å². The fourth-order valence-corrected chi connectivity index (χ4v) is 5.36. The number of rotatable bonds is 9. The highest BCUT2D eigenvalue weighted by Gasteiger charge is 2.28. The van der Waals surface area contributed by atoms with Crippen LogP contribution in [0.1, 0.15) is 25.2 Å². The molecule has 0 bridgehead atoms. The minimum Gasteiger partial charge on any atom is -0.488 e. The van der Waals surface area contributed by atoms with Gasteiger partial charge in [-0.05, 0) is 55.1 Å². The third kappa shape index (κ3) is 5.78. The predicted octanol–water partition coefficient (Wildman–Crippen LogP) is 5.23. The predicted molar refractivity (Wildman–Crippen MR) is 136 cm³/mol. The molecule has 0 atom stereocenters. The molecule has 0 saturated carbocycles. The van der Waals surface area contributed by atoms with Gasteiger partial charge in [-0.1, -0.05) is 26.0 Å². The van der Waals surface area contributed by atoms with Crippen molar-refractivity contribution < 1.29 is 36.6 Å². The first-order chi connectivity index (χ1) is 17.7. The van der Waals surface area contributed by atoms with Crippen molar-refractivity contribution in [2.24, 2.45) is 0 Å². The molecule has 3 aromatic rings. The van der Waals surface area contributed by atoms with Crippen LogP contribution in [0.4, 0.5) is 14.9 Å². The van der Waals surface area contributed by atoms with E-state index < -0.39 is 22.0 Å². The number of likely N-dealkylation sites (N-methyl/N-ethyl adjacent to an activating group) is 1. The van der Waals surface area contributed by atoms with Crippen molar-refractivity contribution in [1.29, 1.82) is 0 Å². The molecule has 1 aromatic heterocycles. The first kappa shape index (κ1) is 26.2. The highest BCUT2D eigenvalue weighted by Crippen LogP contribution is 2.46. The molecule has 196 valence electrons. The second-order valence-corrected chi connectivity index (χ2v) is 9.87. The Kier molecular flexibility index (Phi) is 7.84. The number of sulfonamides is 1. The topological polar surface area (TPSA) is 118 Å². The number of benzene rings is 2. The van der Waals surface area contributed by atoms with E-state index >= 15 is 0 Å². The summed E-state index contributed by atoms with van der Waals surface area (Å²) in [5, 5.41) is 9.36. The quantitative estimate of drug-likeness (QED) is 0.285. The number of fused-ring (bicyclic) bond motifs is 3. The van der Waals surface area contributed by atoms with Gasteiger partial charge in [-0.3, -0.25) is 4.72 Å². The van der Waals surface area contributed by atoms with E-state index in [1.807, 2.05) is 13.8 Å². The van der Waals surface area contributed by atoms with Gasteiger partial charge >= 0.3 is 6.16 Å². The summed E-state index contributed by atoms with van der Waals surface area (Å²) >= 11 is 0. The van der Waals surface area contributed by atoms with E-state index in [1.54, 1.807) is 24.3 Å². The number of hydrogen-bond donors (Lipinski definition) is 2. The zero-order chi connectivity index (χ0) is 26.6. The minimum absolute atomic E-state index is 0.0706. The van der Waals surface area contributed by atoms with Crippen LogP contribution in [0.2, 0.25) is 0 Å². The van der Waals surface area contributed by atoms with Gasteiger partial charge in [0.25, 0.3) is 10.0 Å². The Morgan fingerprint density at radius 2 is 1.97 bits per heavy atom. The highest BCUT2D eigenvalue weighted by molar-refractivity contribution is 7.92. The number of carboxylic acid groups (broad SMARTS) is 1. The molecule has 2 N–H and O–H groups in total. The average Bonchev–Trinajstić information content (AvgIpc) is 3.24. The number of furan rings is 1. The summed E-state index contributed by atoms with van der Waals surface area (Å²) in [7, 11) is -4.29. The zero-order valence-corrected chi connectivity index (χ0v) is 21.2. The molecule has 0 unspecified atom stereocenters. The van der Waals surface area contributed by atoms with Crippen molar-refractivity contribution in [2.75, 3.05) is 31.0 Å². The molecule has 0 fully saturated rings. The Morgan fingerprint density at radius 3 is 2.70 bits per heavy atom. The molecule has 1 aliphatic heterocycles. The molecule has 2 aromatic carbocycles. The van der Waals surface area contributed by atoms with Gasteiger partial charge in [0, 0.05) is 24.1 Å². The normalized spacial score (nSPS) is 13.1. The molecule has 2 heterocycles. The third-order valence-corrected chi connectivity index (χ3v) is 7.41. The third-order valence-electron chi connectivity index (χ3n) is 5.97. The summed E-state index contributed by atoms with van der Waals surface area (Å²) in [4.78, 5) is 13.4. The first-order valence-corrected chi connectivity index (χ1v) is 13.2. The van der Waals surface area contributed by atoms with E-state index in [-0.39, 0.29) is 34.3 Å². The maximum absolute atomic E-state index is 14.0. The number of ether oxygens (including phenoxy) is 2. The maximum atomic E-state index is 14.0. The van der Waals surface area contributed by atoms with Crippen molar-refractivity contribution in [1.82, 2.24) is 4.90 Å². The second-order valence-electron chi connectivity index (χ2n) is 8.22. The van der Waals surface area contributed by atoms with Gasteiger partial charge in [-0.25, -0.2) is 17.6 Å². The molecule has 0 aliphatic carbocycles. The molecule has 1 aliphatic rings. The smallest absolute Gasteiger partial charge is 0.488 e. The summed E-state index contributed by atoms with van der Waals surface area (Å²) in [5.41, 5.74) is 1.20. The van der Waals surface area contributed by atoms with E-state index in [0.29, 0.717) is 29.9 Å². The van der Waals surface area contributed by atoms with Gasteiger partial charge in [0.15, 0.2) is 5.75 Å². The molecule has 0 saturated heterocycles. The van der Waals surface area contributed by atoms with Crippen molar-refractivity contribution in [3.63, 3.8) is 0 Å². The molecular weight excluding hydrogens is 503 g/mol. The lowest BCUT2D eigenvalue weighted by Gasteiger charge is -2.18. The molecule has 9 nitrogen and oxygen atoms in total. The SMILES string of the molecule is CCN(CC)C/C=C\c1cc(F)ccc1S(=O)(=O)Nc1ccc2c(c1OC(=O)O)OCCc1occc1-2. The van der Waals surface area contributed by atoms with Crippen LogP contribution >= 0.6 is 0 Å². The van der Waals surface area contributed by atoms with E-state index in [2.05, 4.69) is 9.62 Å². The van der Waals surface area contributed by atoms with Gasteiger partial charge in [0.2, 0.25) is 5.75 Å². The lowest BCUT2D eigenvalue weighted by atomic mass is 10.0. The number of carbonyl (C=O) groups is 1. The molecule has 0 amide bonds. The first-order valence-electron chi connectivity index (χ1n) is 11.7. The molecule has 0 spiro atoms. The van der Waals surface area contributed by atoms with Crippen molar-refractivity contribution in [3.8, 4) is 22.6 Å². The fraction of sp³-hybridized carbons (Fsp3) is 0.269. The molecule has 0 radical (unpaired) electrons. The van der Waals surface area contributed by atoms with Crippen LogP contribution in [-0.4, -0.2) is 50.8 Å². The van der Waals surface area contributed by atoms with E-state index in [0.717, 1.165) is 31.3 Å². The zero-order valence-electron chi connectivity index (χ0n) is 20.4. The maximum Gasteiger partial charge on any atom is 0.511 e. The molecule has 37 heavy (non-hydrogen) atoms. The summed E-state index contributed by atoms with van der Waals surface area (Å²) in [6.45, 7) is 6.36. The van der Waals surface area contributed by atoms with Gasteiger partial charge in [0.05, 0.1) is 23.5 Å². The number of nitrogens with zero attached hydrogens (tertiary/aromatic N) is 1. The Morgan fingerprint density at radius 1 is 1.19 bits per heavy atom. The molecular formula is C26H27FN2O7S. The van der Waals surface area contributed by atoms with Crippen LogP contribution in [0.3, 0.4) is 0 Å². The Labute approximate surface area is 214 Å². The van der Waals surface area contributed by atoms with Gasteiger partial charge in [-0.2, -0.15) is 0 Å². The van der Waals surface area contributed by atoms with Gasteiger partial charge in [0.1, 0.15) is 11.6 Å². The van der Waals surface area contributed by atoms with Crippen LogP contribution in [-0.2, 0) is 16.4 Å². The number of hydrogen-bond acceptors (Lipinski definition) is 7. The monoisotopic (exact) mass is 530 g/mol. The minimum atomic E-state index is -4.29. The number of nitrogens with one attached hydrogen (secondary N) is 1. The van der Waals surface area contributed by atoms with Crippen LogP contribution in [0.5, 0.6) is 11.5 Å². The van der Waals surface area contributed by atoms with Crippen molar-refractivity contribution in [2.45, 2.75) is 25.2 Å². The van der Waals surface area contributed by atoms with Gasteiger partial charge < -0.3 is 23.9 Å². The standard InChI is InChI=1S/C26H27FN2O7S/c1-3-29(4-2)13-5-6-17-16-18(27)7-10-23(17)37(32,33)28-21-9-8-20-19-11-14-34-22(19)12-15-35-24(20)25(21)36-26(30)31/h5-11,14,16,28H,3-4,12-13,15H2,1-2H3,(H,30,31)/b6-5-. The fourth-order valence-electron chi connectivity index (χ4n) is 4.11. The summed E-state index contributed by atoms with van der Waals surface area (Å²) in [6.07, 6.45) is 3.61. The van der Waals surface area contributed by atoms with Crippen LogP contribution in [0.15, 0.2) is 58.1 Å². The summed E-state index contributed by atoms with van der Waals surface area (Å²) in [5.74, 6) is -0.170. The van der Waals surface area contributed by atoms with Gasteiger partial charge in [-0.15, -0.1) is 0 Å². The summed E-state index contributed by atoms with van der Waals surface area (Å²) in [6, 6.07) is 8.03. The number of anilines is 1. The van der Waals surface area contributed by atoms with E-state index in [9.17, 15) is 22.7 Å². The Bertz CT molecular complexity index is 1430. The lowest BCUT2D eigenvalue weighted by Crippen LogP contribution is -2.22. The van der Waals surface area contributed by atoms with Crippen LogP contribution in [0, 0.1) is 5.82 Å². The average molecular weight is 531 g/mol.